The van der Waals surface area contributed by atoms with Crippen molar-refractivity contribution in [3.05, 3.63) is 49.6 Å². The van der Waals surface area contributed by atoms with E-state index < -0.39 is 11.5 Å². The maximum atomic E-state index is 12.6. The quantitative estimate of drug-likeness (QED) is 0.835. The van der Waals surface area contributed by atoms with Crippen molar-refractivity contribution >= 4 is 29.8 Å². The van der Waals surface area contributed by atoms with Crippen molar-refractivity contribution in [2.45, 2.75) is 13.3 Å². The van der Waals surface area contributed by atoms with Gasteiger partial charge in [0, 0.05) is 11.3 Å². The first kappa shape index (κ1) is 16.3. The van der Waals surface area contributed by atoms with Crippen LogP contribution < -0.4 is 10.3 Å². The third kappa shape index (κ3) is 3.05. The summed E-state index contributed by atoms with van der Waals surface area (Å²) < 4.78 is 6.44. The van der Waals surface area contributed by atoms with Gasteiger partial charge in [0.2, 0.25) is 0 Å². The van der Waals surface area contributed by atoms with Crippen LogP contribution >= 0.6 is 23.8 Å². The number of aliphatic carboxylic acids is 1. The number of halogens is 1. The van der Waals surface area contributed by atoms with Crippen molar-refractivity contribution in [1.82, 2.24) is 9.55 Å². The van der Waals surface area contributed by atoms with E-state index in [1.54, 1.807) is 19.1 Å². The fourth-order valence-electron chi connectivity index (χ4n) is 2.07. The molecule has 22 heavy (non-hydrogen) atoms. The summed E-state index contributed by atoms with van der Waals surface area (Å²) in [6.07, 6.45) is -0.388. The van der Waals surface area contributed by atoms with Gasteiger partial charge in [-0.2, -0.15) is 0 Å². The number of H-pyrrole nitrogens is 1. The van der Waals surface area contributed by atoms with E-state index in [2.05, 4.69) is 4.98 Å². The molecule has 0 amide bonds. The Labute approximate surface area is 135 Å². The SMILES string of the molecule is COc1ccc(-n2c(=S)[nH]c(C)c(CC(=O)O)c2=O)cc1Cl. The normalized spacial score (nSPS) is 10.5. The second-order valence-electron chi connectivity index (χ2n) is 4.56. The molecule has 116 valence electrons. The number of carboxylic acid groups (broad SMARTS) is 1. The van der Waals surface area contributed by atoms with Gasteiger partial charge in [-0.15, -0.1) is 0 Å². The first-order valence-electron chi connectivity index (χ1n) is 6.25. The van der Waals surface area contributed by atoms with E-state index in [-0.39, 0.29) is 16.8 Å². The van der Waals surface area contributed by atoms with Gasteiger partial charge in [-0.05, 0) is 37.3 Å². The number of aromatic nitrogens is 2. The fourth-order valence-corrected chi connectivity index (χ4v) is 2.66. The zero-order chi connectivity index (χ0) is 16.4. The number of benzene rings is 1. The average Bonchev–Trinajstić information content (AvgIpc) is 2.43. The molecule has 1 aromatic heterocycles. The average molecular weight is 341 g/mol. The Kier molecular flexibility index (Phi) is 4.68. The van der Waals surface area contributed by atoms with Crippen LogP contribution in [0.25, 0.3) is 5.69 Å². The van der Waals surface area contributed by atoms with Gasteiger partial charge >= 0.3 is 5.97 Å². The lowest BCUT2D eigenvalue weighted by Gasteiger charge is -2.12. The molecule has 0 saturated carbocycles. The number of rotatable bonds is 4. The second kappa shape index (κ2) is 6.33. The number of carbonyl (C=O) groups is 1. The summed E-state index contributed by atoms with van der Waals surface area (Å²) in [5, 5.41) is 9.25. The molecule has 2 rings (SSSR count). The van der Waals surface area contributed by atoms with Crippen LogP contribution in [0.4, 0.5) is 0 Å². The van der Waals surface area contributed by atoms with Crippen LogP contribution in [0.5, 0.6) is 5.75 Å². The van der Waals surface area contributed by atoms with E-state index in [1.165, 1.54) is 17.7 Å². The molecule has 1 aromatic carbocycles. The molecular weight excluding hydrogens is 328 g/mol. The highest BCUT2D eigenvalue weighted by Gasteiger charge is 2.15. The van der Waals surface area contributed by atoms with Crippen LogP contribution in [0.1, 0.15) is 11.3 Å². The molecule has 0 spiro atoms. The number of hydrogen-bond donors (Lipinski definition) is 2. The van der Waals surface area contributed by atoms with E-state index in [1.807, 2.05) is 0 Å². The standard InChI is InChI=1S/C14H13ClN2O4S/c1-7-9(6-12(18)19)13(20)17(14(22)16-7)8-3-4-11(21-2)10(15)5-8/h3-5H,6H2,1-2H3,(H,16,22)(H,18,19). The number of hydrogen-bond acceptors (Lipinski definition) is 4. The number of aryl methyl sites for hydroxylation is 1. The number of carboxylic acids is 1. The summed E-state index contributed by atoms with van der Waals surface area (Å²) in [6, 6.07) is 4.76. The zero-order valence-electron chi connectivity index (χ0n) is 11.8. The highest BCUT2D eigenvalue weighted by molar-refractivity contribution is 7.71. The number of nitrogens with zero attached hydrogens (tertiary/aromatic N) is 1. The molecule has 0 atom stereocenters. The molecule has 0 fully saturated rings. The maximum absolute atomic E-state index is 12.6. The van der Waals surface area contributed by atoms with Gasteiger partial charge in [0.25, 0.3) is 5.56 Å². The molecule has 1 heterocycles. The van der Waals surface area contributed by atoms with Crippen LogP contribution in [0.2, 0.25) is 5.02 Å². The molecule has 6 nitrogen and oxygen atoms in total. The van der Waals surface area contributed by atoms with Gasteiger partial charge in [-0.3, -0.25) is 14.2 Å². The van der Waals surface area contributed by atoms with Crippen molar-refractivity contribution in [2.24, 2.45) is 0 Å². The molecular formula is C14H13ClN2O4S. The van der Waals surface area contributed by atoms with Crippen molar-refractivity contribution < 1.29 is 14.6 Å². The van der Waals surface area contributed by atoms with Crippen molar-refractivity contribution in [3.8, 4) is 11.4 Å². The zero-order valence-corrected chi connectivity index (χ0v) is 13.4. The summed E-state index contributed by atoms with van der Waals surface area (Å²) in [4.78, 5) is 26.3. The molecule has 0 aliphatic heterocycles. The Morgan fingerprint density at radius 2 is 2.18 bits per heavy atom. The second-order valence-corrected chi connectivity index (χ2v) is 5.36. The van der Waals surface area contributed by atoms with Crippen molar-refractivity contribution in [3.63, 3.8) is 0 Å². The minimum Gasteiger partial charge on any atom is -0.495 e. The molecule has 0 bridgehead atoms. The Hall–Kier alpha value is -2.12. The van der Waals surface area contributed by atoms with Gasteiger partial charge in [-0.1, -0.05) is 11.6 Å². The Balaban J connectivity index is 2.70. The van der Waals surface area contributed by atoms with E-state index in [9.17, 15) is 9.59 Å². The van der Waals surface area contributed by atoms with Crippen LogP contribution in [-0.4, -0.2) is 27.7 Å². The summed E-state index contributed by atoms with van der Waals surface area (Å²) in [5.41, 5.74) is 0.537. The van der Waals surface area contributed by atoms with Gasteiger partial charge < -0.3 is 14.8 Å². The first-order chi connectivity index (χ1) is 10.3. The van der Waals surface area contributed by atoms with Crippen LogP contribution in [0.3, 0.4) is 0 Å². The third-order valence-electron chi connectivity index (χ3n) is 3.13. The summed E-state index contributed by atoms with van der Waals surface area (Å²) in [6.45, 7) is 1.61. The molecule has 0 aliphatic rings. The Morgan fingerprint density at radius 3 is 2.73 bits per heavy atom. The highest BCUT2D eigenvalue weighted by atomic mass is 35.5. The lowest BCUT2D eigenvalue weighted by Crippen LogP contribution is -2.27. The smallest absolute Gasteiger partial charge is 0.308 e. The highest BCUT2D eigenvalue weighted by Crippen LogP contribution is 2.26. The monoisotopic (exact) mass is 340 g/mol. The first-order valence-corrected chi connectivity index (χ1v) is 7.04. The van der Waals surface area contributed by atoms with E-state index in [0.29, 0.717) is 22.2 Å². The largest absolute Gasteiger partial charge is 0.495 e. The van der Waals surface area contributed by atoms with Crippen LogP contribution in [-0.2, 0) is 11.2 Å². The van der Waals surface area contributed by atoms with Crippen LogP contribution in [0, 0.1) is 11.7 Å². The number of methoxy groups -OCH3 is 1. The summed E-state index contributed by atoms with van der Waals surface area (Å²) in [5.74, 6) is -0.628. The van der Waals surface area contributed by atoms with Gasteiger partial charge in [0.05, 0.1) is 24.2 Å². The Morgan fingerprint density at radius 1 is 1.50 bits per heavy atom. The predicted molar refractivity (Wildman–Crippen MR) is 84.9 cm³/mol. The lowest BCUT2D eigenvalue weighted by molar-refractivity contribution is -0.136. The number of aromatic amines is 1. The number of ether oxygens (including phenoxy) is 1. The van der Waals surface area contributed by atoms with Crippen molar-refractivity contribution in [1.29, 1.82) is 0 Å². The summed E-state index contributed by atoms with van der Waals surface area (Å²) in [7, 11) is 1.48. The van der Waals surface area contributed by atoms with Crippen molar-refractivity contribution in [2.75, 3.05) is 7.11 Å². The maximum Gasteiger partial charge on any atom is 0.308 e. The predicted octanol–water partition coefficient (Wildman–Crippen LogP) is 2.49. The van der Waals surface area contributed by atoms with E-state index in [4.69, 9.17) is 33.7 Å². The summed E-state index contributed by atoms with van der Waals surface area (Å²) >= 11 is 11.2. The third-order valence-corrected chi connectivity index (χ3v) is 3.71. The molecule has 0 radical (unpaired) electrons. The Bertz CT molecular complexity index is 857. The van der Waals surface area contributed by atoms with Crippen LogP contribution in [0.15, 0.2) is 23.0 Å². The molecule has 0 saturated heterocycles. The molecule has 2 aromatic rings. The number of nitrogens with one attached hydrogen (secondary N) is 1. The molecule has 2 N–H and O–H groups in total. The minimum atomic E-state index is -1.09. The minimum absolute atomic E-state index is 0.146. The molecule has 0 aliphatic carbocycles. The van der Waals surface area contributed by atoms with E-state index >= 15 is 0 Å². The van der Waals surface area contributed by atoms with Gasteiger partial charge in [0.1, 0.15) is 5.75 Å². The molecule has 8 heteroatoms. The lowest BCUT2D eigenvalue weighted by atomic mass is 10.1. The van der Waals surface area contributed by atoms with Gasteiger partial charge in [-0.25, -0.2) is 0 Å². The topological polar surface area (TPSA) is 84.3 Å². The van der Waals surface area contributed by atoms with Gasteiger partial charge in [0.15, 0.2) is 4.77 Å². The van der Waals surface area contributed by atoms with E-state index in [0.717, 1.165) is 0 Å². The fraction of sp³-hybridized carbons (Fsp3) is 0.214. The molecule has 0 unspecified atom stereocenters.